The third-order valence-electron chi connectivity index (χ3n) is 15.5. The molecule has 0 aliphatic carbocycles. The molecule has 400 valence electrons. The molecule has 6 heteroatoms. The molecule has 1 aliphatic heterocycles. The van der Waals surface area contributed by atoms with Gasteiger partial charge >= 0.3 is 0 Å². The van der Waals surface area contributed by atoms with Gasteiger partial charge in [0.05, 0.1) is 0 Å². The second kappa shape index (κ2) is 19.8. The van der Waals surface area contributed by atoms with Gasteiger partial charge in [-0.1, -0.05) is 216 Å². The molecule has 3 heterocycles. The van der Waals surface area contributed by atoms with Gasteiger partial charge in [0.2, 0.25) is 0 Å². The normalized spacial score (nSPS) is 14.2. The van der Waals surface area contributed by atoms with Gasteiger partial charge in [0.1, 0.15) is 5.82 Å². The van der Waals surface area contributed by atoms with Crippen LogP contribution >= 0.6 is 0 Å². The monoisotopic (exact) mass is 1190 g/mol. The molecule has 0 atom stereocenters. The Balaban J connectivity index is 0.00000765. The van der Waals surface area contributed by atoms with Crippen molar-refractivity contribution in [2.75, 3.05) is 9.80 Å². The molecule has 6 aromatic carbocycles. The van der Waals surface area contributed by atoms with E-state index < -0.39 is 0 Å². The van der Waals surface area contributed by atoms with Crippen molar-refractivity contribution < 1.29 is 25.8 Å². The van der Waals surface area contributed by atoms with E-state index in [9.17, 15) is 0 Å². The maximum Gasteiger partial charge on any atom is 0.135 e. The van der Waals surface area contributed by atoms with Crippen LogP contribution in [0.2, 0.25) is 0 Å². The second-order valence-electron chi connectivity index (χ2n) is 27.3. The summed E-state index contributed by atoms with van der Waals surface area (Å²) in [5.41, 5.74) is 13.9. The molecule has 0 unspecified atom stereocenters. The van der Waals surface area contributed by atoms with E-state index in [1.54, 1.807) is 0 Å². The summed E-state index contributed by atoms with van der Waals surface area (Å²) in [5, 5.41) is 2.25. The summed E-state index contributed by atoms with van der Waals surface area (Å²) in [7, 11) is 0. The average Bonchev–Trinajstić information content (AvgIpc) is 3.92. The first kappa shape index (κ1) is 56.3. The van der Waals surface area contributed by atoms with Gasteiger partial charge in [0.15, 0.2) is 0 Å². The van der Waals surface area contributed by atoms with Crippen LogP contribution in [0, 0.1) is 29.6 Å². The molecule has 0 bridgehead atoms. The van der Waals surface area contributed by atoms with Crippen LogP contribution in [-0.4, -0.2) is 9.55 Å². The summed E-state index contributed by atoms with van der Waals surface area (Å²) >= 11 is 0. The first-order chi connectivity index (χ1) is 34.8. The van der Waals surface area contributed by atoms with E-state index in [1.807, 2.05) is 6.20 Å². The number of pyridine rings is 1. The fourth-order valence-corrected chi connectivity index (χ4v) is 10.7. The predicted molar refractivity (Wildman–Crippen MR) is 318 cm³/mol. The molecular formula is C70H81N4OPt-3. The van der Waals surface area contributed by atoms with Crippen molar-refractivity contribution in [3.05, 3.63) is 209 Å². The van der Waals surface area contributed by atoms with Gasteiger partial charge in [-0.15, -0.1) is 53.6 Å². The number of hydrogen-bond donors (Lipinski definition) is 0. The molecule has 2 aromatic heterocycles. The number of rotatable bonds is 9. The molecule has 0 amide bonds. The number of aromatic nitrogens is 2. The Kier molecular flexibility index (Phi) is 14.7. The molecule has 76 heavy (non-hydrogen) atoms. The molecule has 0 fully saturated rings. The number of fused-ring (bicyclic) bond motifs is 3. The molecule has 5 nitrogen and oxygen atoms in total. The van der Waals surface area contributed by atoms with Gasteiger partial charge < -0.3 is 19.1 Å². The standard InChI is InChI=1S/C70H81N4O.Pt/c1-64(2,3)48-30-32-57-58-33-31-55(44-60(58)74(59(57)41-48)61-42-49(34-35-71-61)65(4,5)6)75-56-40-50(66(7,8)9)37-54(43-56)73-45-72(62(67(10,11)12)63(73)68(13,14)15)53-38-51(69(16,17)46-26-22-20-23-27-46)36-52(39-53)70(18,19)47-28-24-21-25-29-47;/h20-42,45H,1-19H3;/q-3;. The van der Waals surface area contributed by atoms with Crippen LogP contribution in [0.4, 0.5) is 11.4 Å². The summed E-state index contributed by atoms with van der Waals surface area (Å²) in [5.74, 6) is 2.11. The maximum atomic E-state index is 7.07. The van der Waals surface area contributed by atoms with Crippen molar-refractivity contribution in [3.8, 4) is 17.3 Å². The molecule has 0 N–H and O–H groups in total. The van der Waals surface area contributed by atoms with Crippen molar-refractivity contribution in [1.82, 2.24) is 9.55 Å². The van der Waals surface area contributed by atoms with E-state index in [-0.39, 0.29) is 59.0 Å². The summed E-state index contributed by atoms with van der Waals surface area (Å²) < 4.78 is 9.34. The minimum absolute atomic E-state index is 0. The number of nitrogens with zero attached hydrogens (tertiary/aromatic N) is 4. The van der Waals surface area contributed by atoms with Crippen LogP contribution in [0.15, 0.2) is 151 Å². The van der Waals surface area contributed by atoms with Gasteiger partial charge in [-0.2, -0.15) is 6.07 Å². The van der Waals surface area contributed by atoms with Gasteiger partial charge in [-0.25, -0.2) is 4.98 Å². The van der Waals surface area contributed by atoms with E-state index in [2.05, 4.69) is 298 Å². The van der Waals surface area contributed by atoms with Crippen molar-refractivity contribution in [3.63, 3.8) is 0 Å². The third-order valence-corrected chi connectivity index (χ3v) is 15.5. The van der Waals surface area contributed by atoms with E-state index in [1.165, 1.54) is 44.8 Å². The Hall–Kier alpha value is -5.90. The van der Waals surface area contributed by atoms with E-state index in [0.717, 1.165) is 44.6 Å². The molecule has 0 radical (unpaired) electrons. The molecular weight excluding hydrogens is 1110 g/mol. The molecule has 8 aromatic rings. The van der Waals surface area contributed by atoms with Crippen molar-refractivity contribution in [2.45, 2.75) is 159 Å². The van der Waals surface area contributed by atoms with E-state index >= 15 is 0 Å². The smallest absolute Gasteiger partial charge is 0.135 e. The number of benzene rings is 6. The minimum atomic E-state index is -0.283. The quantitative estimate of drug-likeness (QED) is 0.135. The maximum absolute atomic E-state index is 7.07. The Bertz CT molecular complexity index is 3380. The molecule has 0 spiro atoms. The summed E-state index contributed by atoms with van der Waals surface area (Å²) in [6, 6.07) is 56.7. The fourth-order valence-electron chi connectivity index (χ4n) is 10.7. The van der Waals surface area contributed by atoms with E-state index in [0.29, 0.717) is 11.5 Å². The van der Waals surface area contributed by atoms with Gasteiger partial charge in [-0.05, 0) is 85.3 Å². The second-order valence-corrected chi connectivity index (χ2v) is 27.3. The third kappa shape index (κ3) is 10.9. The van der Waals surface area contributed by atoms with E-state index in [4.69, 9.17) is 9.72 Å². The fraction of sp³-hybridized carbons (Fsp3) is 0.371. The van der Waals surface area contributed by atoms with Crippen molar-refractivity contribution >= 4 is 33.2 Å². The van der Waals surface area contributed by atoms with Crippen molar-refractivity contribution in [1.29, 1.82) is 0 Å². The van der Waals surface area contributed by atoms with Crippen LogP contribution in [0.1, 0.15) is 170 Å². The molecule has 1 aliphatic rings. The van der Waals surface area contributed by atoms with Gasteiger partial charge in [0, 0.05) is 83.0 Å². The SMILES string of the molecule is CC(C)(C)C1=C(C(C)(C)C)N(c2cc(C(C)(C)c3ccccc3)cc(C(C)(C)c3ccccc3)c2)[CH-]N1c1[c-]c(Oc2[c-]c3c(cc2)c2ccc(C(C)(C)C)cc2n3-c2cc(C(C)(C)C)ccn2)cc(C(C)(C)C)c1.[Pt]. The van der Waals surface area contributed by atoms with Gasteiger partial charge in [0.25, 0.3) is 0 Å². The minimum Gasteiger partial charge on any atom is -0.509 e. The average molecular weight is 1190 g/mol. The van der Waals surface area contributed by atoms with Crippen LogP contribution in [0.25, 0.3) is 27.6 Å². The zero-order valence-electron chi connectivity index (χ0n) is 48.9. The Labute approximate surface area is 471 Å². The first-order valence-electron chi connectivity index (χ1n) is 27.0. The van der Waals surface area contributed by atoms with Gasteiger partial charge in [-0.3, -0.25) is 0 Å². The molecule has 0 saturated carbocycles. The van der Waals surface area contributed by atoms with Crippen LogP contribution < -0.4 is 14.5 Å². The number of anilines is 2. The molecule has 9 rings (SSSR count). The zero-order chi connectivity index (χ0) is 54.4. The topological polar surface area (TPSA) is 33.5 Å². The zero-order valence-corrected chi connectivity index (χ0v) is 51.1. The summed E-state index contributed by atoms with van der Waals surface area (Å²) in [6.45, 7) is 46.2. The Morgan fingerprint density at radius 1 is 0.421 bits per heavy atom. The summed E-state index contributed by atoms with van der Waals surface area (Å²) in [4.78, 5) is 9.88. The van der Waals surface area contributed by atoms with Crippen LogP contribution in [0.3, 0.4) is 0 Å². The van der Waals surface area contributed by atoms with Crippen LogP contribution in [-0.2, 0) is 48.1 Å². The number of allylic oxidation sites excluding steroid dienone is 2. The largest absolute Gasteiger partial charge is 0.509 e. The Morgan fingerprint density at radius 3 is 1.46 bits per heavy atom. The number of ether oxygens (including phenoxy) is 1. The van der Waals surface area contributed by atoms with Crippen molar-refractivity contribution in [2.24, 2.45) is 10.8 Å². The summed E-state index contributed by atoms with van der Waals surface area (Å²) in [6.07, 6.45) is 1.94. The number of hydrogen-bond acceptors (Lipinski definition) is 4. The Morgan fingerprint density at radius 2 is 0.934 bits per heavy atom. The van der Waals surface area contributed by atoms with Crippen LogP contribution in [0.5, 0.6) is 11.5 Å². The predicted octanol–water partition coefficient (Wildman–Crippen LogP) is 18.9. The molecule has 0 saturated heterocycles. The first-order valence-corrected chi connectivity index (χ1v) is 27.0.